The van der Waals surface area contributed by atoms with Crippen molar-refractivity contribution in [2.45, 2.75) is 38.6 Å². The lowest BCUT2D eigenvalue weighted by Gasteiger charge is -2.27. The van der Waals surface area contributed by atoms with Crippen molar-refractivity contribution < 1.29 is 14.2 Å². The van der Waals surface area contributed by atoms with Crippen LogP contribution in [0.3, 0.4) is 0 Å². The van der Waals surface area contributed by atoms with Gasteiger partial charge in [-0.25, -0.2) is 9.78 Å². The number of hydrogen-bond acceptors (Lipinski definition) is 5. The van der Waals surface area contributed by atoms with Crippen molar-refractivity contribution in [3.63, 3.8) is 0 Å². The fourth-order valence-corrected chi connectivity index (χ4v) is 5.82. The minimum absolute atomic E-state index is 0.0668. The first-order chi connectivity index (χ1) is 18.4. The first kappa shape index (κ1) is 24.4. The minimum atomic E-state index is -0.592. The van der Waals surface area contributed by atoms with Gasteiger partial charge in [-0.2, -0.15) is 4.39 Å². The molecule has 5 aromatic rings. The van der Waals surface area contributed by atoms with E-state index in [1.807, 2.05) is 28.8 Å². The number of ether oxygens (including phenoxy) is 1. The van der Waals surface area contributed by atoms with E-state index in [0.717, 1.165) is 53.2 Å². The molecule has 4 aromatic heterocycles. The second-order valence-corrected chi connectivity index (χ2v) is 10.3. The second-order valence-electron chi connectivity index (χ2n) is 10.3. The van der Waals surface area contributed by atoms with Crippen LogP contribution in [0, 0.1) is 11.9 Å². The number of imidazole rings is 1. The third-order valence-corrected chi connectivity index (χ3v) is 7.78. The summed E-state index contributed by atoms with van der Waals surface area (Å²) < 4.78 is 25.6. The molecule has 0 atom stereocenters. The van der Waals surface area contributed by atoms with Gasteiger partial charge in [0.2, 0.25) is 5.95 Å². The molecule has 0 spiro atoms. The number of pyridine rings is 1. The number of aliphatic hydroxyl groups is 1. The van der Waals surface area contributed by atoms with E-state index >= 15 is 4.39 Å². The van der Waals surface area contributed by atoms with Crippen molar-refractivity contribution in [3.05, 3.63) is 53.1 Å². The lowest BCUT2D eigenvalue weighted by atomic mass is 9.87. The molecule has 6 rings (SSSR count). The number of hydrogen-bond donors (Lipinski definition) is 2. The Morgan fingerprint density at radius 1 is 1.16 bits per heavy atom. The Labute approximate surface area is 218 Å². The van der Waals surface area contributed by atoms with Crippen LogP contribution in [-0.2, 0) is 14.1 Å². The monoisotopic (exact) mass is 518 g/mol. The highest BCUT2D eigenvalue weighted by atomic mass is 19.1. The molecule has 0 saturated heterocycles. The van der Waals surface area contributed by atoms with Crippen molar-refractivity contribution in [3.8, 4) is 28.1 Å². The molecule has 1 aliphatic carbocycles. The number of benzene rings is 1. The van der Waals surface area contributed by atoms with Gasteiger partial charge in [-0.05, 0) is 49.3 Å². The first-order valence-corrected chi connectivity index (χ1v) is 13.0. The maximum Gasteiger partial charge on any atom is 0.329 e. The van der Waals surface area contributed by atoms with Crippen LogP contribution in [0.25, 0.3) is 44.5 Å². The molecular weight excluding hydrogens is 487 g/mol. The molecule has 0 bridgehead atoms. The van der Waals surface area contributed by atoms with E-state index in [4.69, 9.17) is 9.84 Å². The van der Waals surface area contributed by atoms with Crippen molar-refractivity contribution in [2.24, 2.45) is 20.0 Å². The summed E-state index contributed by atoms with van der Waals surface area (Å²) >= 11 is 0. The number of nitrogens with zero attached hydrogens (tertiary/aromatic N) is 5. The van der Waals surface area contributed by atoms with E-state index in [0.29, 0.717) is 28.6 Å². The largest absolute Gasteiger partial charge is 0.491 e. The molecule has 4 heterocycles. The van der Waals surface area contributed by atoms with E-state index in [9.17, 15) is 4.79 Å². The molecule has 0 aliphatic heterocycles. The Bertz CT molecular complexity index is 1690. The number of nitrogens with one attached hydrogen (secondary N) is 1. The first-order valence-electron chi connectivity index (χ1n) is 13.0. The summed E-state index contributed by atoms with van der Waals surface area (Å²) in [5, 5.41) is 13.8. The summed E-state index contributed by atoms with van der Waals surface area (Å²) in [4.78, 5) is 21.6. The molecule has 10 heteroatoms. The lowest BCUT2D eigenvalue weighted by molar-refractivity contribution is 0.201. The Morgan fingerprint density at radius 2 is 1.89 bits per heavy atom. The van der Waals surface area contributed by atoms with Gasteiger partial charge in [-0.1, -0.05) is 19.1 Å². The van der Waals surface area contributed by atoms with Gasteiger partial charge in [0.15, 0.2) is 0 Å². The number of H-pyrrole nitrogens is 1. The topological polar surface area (TPSA) is 103 Å². The normalized spacial score (nSPS) is 18.0. The summed E-state index contributed by atoms with van der Waals surface area (Å²) in [6.45, 7) is 2.38. The molecule has 2 N–H and O–H groups in total. The smallest absolute Gasteiger partial charge is 0.329 e. The van der Waals surface area contributed by atoms with Crippen LogP contribution in [0.15, 0.2) is 41.5 Å². The van der Waals surface area contributed by atoms with Crippen LogP contribution in [0.2, 0.25) is 0 Å². The Morgan fingerprint density at radius 3 is 2.55 bits per heavy atom. The van der Waals surface area contributed by atoms with Gasteiger partial charge >= 0.3 is 5.69 Å². The van der Waals surface area contributed by atoms with Gasteiger partial charge in [0.05, 0.1) is 40.5 Å². The third kappa shape index (κ3) is 3.91. The zero-order valence-corrected chi connectivity index (χ0v) is 21.7. The maximum absolute atomic E-state index is 15.0. The number of fused-ring (bicyclic) bond motifs is 3. The average molecular weight is 519 g/mol. The van der Waals surface area contributed by atoms with E-state index < -0.39 is 5.95 Å². The van der Waals surface area contributed by atoms with Crippen LogP contribution in [-0.4, -0.2) is 47.2 Å². The molecule has 38 heavy (non-hydrogen) atoms. The number of aliphatic hydroxyl groups excluding tert-OH is 1. The van der Waals surface area contributed by atoms with Crippen molar-refractivity contribution in [1.82, 2.24) is 28.9 Å². The van der Waals surface area contributed by atoms with Gasteiger partial charge in [0.25, 0.3) is 0 Å². The van der Waals surface area contributed by atoms with E-state index in [1.165, 1.54) is 4.68 Å². The summed E-state index contributed by atoms with van der Waals surface area (Å²) in [7, 11) is 3.46. The van der Waals surface area contributed by atoms with Crippen LogP contribution in [0.1, 0.15) is 38.6 Å². The average Bonchev–Trinajstić information content (AvgIpc) is 3.54. The third-order valence-electron chi connectivity index (χ3n) is 7.78. The summed E-state index contributed by atoms with van der Waals surface area (Å²) in [5.41, 5.74) is 4.51. The van der Waals surface area contributed by atoms with Crippen molar-refractivity contribution in [2.75, 3.05) is 13.2 Å². The zero-order chi connectivity index (χ0) is 26.6. The highest BCUT2D eigenvalue weighted by Crippen LogP contribution is 2.43. The van der Waals surface area contributed by atoms with Gasteiger partial charge in [-0.15, -0.1) is 5.10 Å². The number of rotatable bonds is 6. The maximum atomic E-state index is 15.0. The molecule has 198 valence electrons. The van der Waals surface area contributed by atoms with Gasteiger partial charge in [0, 0.05) is 31.9 Å². The summed E-state index contributed by atoms with van der Waals surface area (Å²) in [5.74, 6) is 0.673. The highest BCUT2D eigenvalue weighted by Gasteiger charge is 2.29. The number of halogens is 1. The van der Waals surface area contributed by atoms with Gasteiger partial charge < -0.3 is 14.8 Å². The summed E-state index contributed by atoms with van der Waals surface area (Å²) in [6.07, 6.45) is 7.37. The number of aryl methyl sites for hydroxylation is 2. The van der Waals surface area contributed by atoms with Crippen LogP contribution < -0.4 is 10.4 Å². The number of aromatic amines is 1. The Balaban J connectivity index is 1.66. The lowest BCUT2D eigenvalue weighted by Crippen LogP contribution is -2.28. The van der Waals surface area contributed by atoms with E-state index in [-0.39, 0.29) is 24.9 Å². The molecule has 1 aliphatic rings. The summed E-state index contributed by atoms with van der Waals surface area (Å²) in [6, 6.07) is 7.53. The zero-order valence-electron chi connectivity index (χ0n) is 21.7. The van der Waals surface area contributed by atoms with Crippen LogP contribution in [0.4, 0.5) is 4.39 Å². The fraction of sp³-hybridized carbons (Fsp3) is 0.393. The van der Waals surface area contributed by atoms with Crippen LogP contribution >= 0.6 is 0 Å². The standard InChI is InChI=1S/C28H31FN6O3/c1-16-4-8-18(9-5-16)35-25-21(34(3)28(35)37)14-30-27-23(25)22(17-6-10-19(11-7-17)38-13-12-36)24(31-27)20-15-33(2)32-26(20)29/h6-7,10-11,14-16,18,36H,4-5,8-9,12-13H2,1-3H3,(H,30,31). The Kier molecular flexibility index (Phi) is 6.06. The fourth-order valence-electron chi connectivity index (χ4n) is 5.82. The van der Waals surface area contributed by atoms with E-state index in [1.54, 1.807) is 31.1 Å². The molecule has 1 fully saturated rings. The SMILES string of the molecule is CC1CCC(n2c(=O)n(C)c3cnc4[nH]c(-c5cn(C)nc5F)c(-c5ccc(OCCO)cc5)c4c32)CC1. The minimum Gasteiger partial charge on any atom is -0.491 e. The molecule has 0 amide bonds. The molecule has 1 saturated carbocycles. The second kappa shape index (κ2) is 9.43. The molecule has 0 radical (unpaired) electrons. The van der Waals surface area contributed by atoms with Gasteiger partial charge in [0.1, 0.15) is 18.0 Å². The van der Waals surface area contributed by atoms with E-state index in [2.05, 4.69) is 22.0 Å². The quantitative estimate of drug-likeness (QED) is 0.343. The molecule has 1 aromatic carbocycles. The highest BCUT2D eigenvalue weighted by molar-refractivity contribution is 6.14. The molecular formula is C28H31FN6O3. The molecule has 9 nitrogen and oxygen atoms in total. The number of aromatic nitrogens is 6. The van der Waals surface area contributed by atoms with Gasteiger partial charge in [-0.3, -0.25) is 13.8 Å². The van der Waals surface area contributed by atoms with Crippen molar-refractivity contribution >= 4 is 22.1 Å². The van der Waals surface area contributed by atoms with Crippen LogP contribution in [0.5, 0.6) is 5.75 Å². The Hall–Kier alpha value is -3.92. The molecule has 0 unspecified atom stereocenters. The van der Waals surface area contributed by atoms with Crippen molar-refractivity contribution in [1.29, 1.82) is 0 Å². The predicted molar refractivity (Wildman–Crippen MR) is 144 cm³/mol. The predicted octanol–water partition coefficient (Wildman–Crippen LogP) is 4.55.